The number of halogens is 1. The molecule has 0 aliphatic carbocycles. The Kier molecular flexibility index (Phi) is 3.39. The summed E-state index contributed by atoms with van der Waals surface area (Å²) in [4.78, 5) is 16.0. The highest BCUT2D eigenvalue weighted by molar-refractivity contribution is 5.93. The van der Waals surface area contributed by atoms with Gasteiger partial charge in [0.1, 0.15) is 5.65 Å². The smallest absolute Gasteiger partial charge is 0.274 e. The molecule has 0 aliphatic rings. The van der Waals surface area contributed by atoms with Gasteiger partial charge in [-0.25, -0.2) is 4.98 Å². The lowest BCUT2D eigenvalue weighted by atomic mass is 10.2. The van der Waals surface area contributed by atoms with E-state index in [4.69, 9.17) is 0 Å². The Hall–Kier alpha value is -2.70. The highest BCUT2D eigenvalue weighted by atomic mass is 19.1. The van der Waals surface area contributed by atoms with Gasteiger partial charge < -0.3 is 5.32 Å². The zero-order valence-corrected chi connectivity index (χ0v) is 11.4. The first-order valence-corrected chi connectivity index (χ1v) is 6.55. The summed E-state index contributed by atoms with van der Waals surface area (Å²) in [5.74, 6) is -1.16. The molecule has 0 aliphatic heterocycles. The van der Waals surface area contributed by atoms with Gasteiger partial charge in [-0.1, -0.05) is 6.07 Å². The van der Waals surface area contributed by atoms with Crippen LogP contribution in [0.5, 0.6) is 0 Å². The molecular weight excluding hydrogens is 273 g/mol. The van der Waals surface area contributed by atoms with Crippen molar-refractivity contribution in [2.45, 2.75) is 13.3 Å². The molecule has 7 heteroatoms. The van der Waals surface area contributed by atoms with Gasteiger partial charge in [0.15, 0.2) is 5.69 Å². The van der Waals surface area contributed by atoms with Crippen LogP contribution in [0.25, 0.3) is 5.65 Å². The van der Waals surface area contributed by atoms with E-state index in [9.17, 15) is 9.18 Å². The third kappa shape index (κ3) is 2.62. The zero-order valence-electron chi connectivity index (χ0n) is 11.4. The van der Waals surface area contributed by atoms with Crippen LogP contribution in [-0.4, -0.2) is 32.0 Å². The van der Waals surface area contributed by atoms with Crippen LogP contribution in [0.3, 0.4) is 0 Å². The SMILES string of the molecule is Cc1ccc2nc(C(=O)NCCc3cn[nH]c3)c(F)n2c1. The normalized spacial score (nSPS) is 11.0. The predicted molar refractivity (Wildman–Crippen MR) is 74.5 cm³/mol. The second kappa shape index (κ2) is 5.35. The maximum Gasteiger partial charge on any atom is 0.274 e. The molecule has 0 fully saturated rings. The number of carbonyl (C=O) groups is 1. The highest BCUT2D eigenvalue weighted by Gasteiger charge is 2.18. The number of aromatic amines is 1. The Balaban J connectivity index is 1.73. The number of nitrogens with one attached hydrogen (secondary N) is 2. The third-order valence-corrected chi connectivity index (χ3v) is 3.18. The fourth-order valence-electron chi connectivity index (χ4n) is 2.09. The summed E-state index contributed by atoms with van der Waals surface area (Å²) in [7, 11) is 0. The fourth-order valence-corrected chi connectivity index (χ4v) is 2.09. The average Bonchev–Trinajstić information content (AvgIpc) is 3.08. The molecule has 0 unspecified atom stereocenters. The van der Waals surface area contributed by atoms with E-state index in [0.29, 0.717) is 18.6 Å². The molecule has 2 N–H and O–H groups in total. The van der Waals surface area contributed by atoms with Crippen LogP contribution in [-0.2, 0) is 6.42 Å². The summed E-state index contributed by atoms with van der Waals surface area (Å²) in [6.45, 7) is 2.24. The quantitative estimate of drug-likeness (QED) is 0.763. The molecule has 0 saturated heterocycles. The van der Waals surface area contributed by atoms with E-state index in [1.165, 1.54) is 4.40 Å². The third-order valence-electron chi connectivity index (χ3n) is 3.18. The lowest BCUT2D eigenvalue weighted by molar-refractivity contribution is 0.0945. The molecule has 0 spiro atoms. The average molecular weight is 287 g/mol. The number of hydrogen-bond donors (Lipinski definition) is 2. The minimum Gasteiger partial charge on any atom is -0.350 e. The summed E-state index contributed by atoms with van der Waals surface area (Å²) < 4.78 is 15.5. The minimum atomic E-state index is -0.644. The number of H-pyrrole nitrogens is 1. The van der Waals surface area contributed by atoms with Gasteiger partial charge in [-0.15, -0.1) is 0 Å². The van der Waals surface area contributed by atoms with Gasteiger partial charge >= 0.3 is 0 Å². The summed E-state index contributed by atoms with van der Waals surface area (Å²) in [6, 6.07) is 3.50. The number of amides is 1. The monoisotopic (exact) mass is 287 g/mol. The molecule has 3 rings (SSSR count). The first-order valence-electron chi connectivity index (χ1n) is 6.55. The summed E-state index contributed by atoms with van der Waals surface area (Å²) in [5.41, 5.74) is 2.10. The van der Waals surface area contributed by atoms with Crippen LogP contribution in [0.4, 0.5) is 4.39 Å². The Bertz CT molecular complexity index is 778. The highest BCUT2D eigenvalue weighted by Crippen LogP contribution is 2.12. The van der Waals surface area contributed by atoms with E-state index in [1.807, 2.05) is 13.0 Å². The lowest BCUT2D eigenvalue weighted by Crippen LogP contribution is -2.26. The zero-order chi connectivity index (χ0) is 14.8. The molecule has 108 valence electrons. The second-order valence-corrected chi connectivity index (χ2v) is 4.80. The molecule has 1 amide bonds. The molecule has 0 aromatic carbocycles. The van der Waals surface area contributed by atoms with Gasteiger partial charge in [-0.2, -0.15) is 9.49 Å². The van der Waals surface area contributed by atoms with Gasteiger partial charge in [-0.05, 0) is 30.5 Å². The van der Waals surface area contributed by atoms with Crippen molar-refractivity contribution in [1.82, 2.24) is 24.9 Å². The topological polar surface area (TPSA) is 75.1 Å². The first kappa shape index (κ1) is 13.3. The standard InChI is InChI=1S/C14H14FN5O/c1-9-2-3-11-19-12(13(15)20(11)8-9)14(21)16-5-4-10-6-17-18-7-10/h2-3,6-8H,4-5H2,1H3,(H,16,21)(H,17,18). The number of aromatic nitrogens is 4. The Morgan fingerprint density at radius 1 is 1.48 bits per heavy atom. The molecular formula is C14H14FN5O. The molecule has 3 aromatic heterocycles. The number of aryl methyl sites for hydroxylation is 1. The summed E-state index contributed by atoms with van der Waals surface area (Å²) >= 11 is 0. The molecule has 0 radical (unpaired) electrons. The summed E-state index contributed by atoms with van der Waals surface area (Å²) in [6.07, 6.45) is 5.66. The van der Waals surface area contributed by atoms with Crippen molar-refractivity contribution in [1.29, 1.82) is 0 Å². The van der Waals surface area contributed by atoms with Gasteiger partial charge in [0.2, 0.25) is 5.95 Å². The van der Waals surface area contributed by atoms with Crippen LogP contribution < -0.4 is 5.32 Å². The van der Waals surface area contributed by atoms with E-state index in [2.05, 4.69) is 20.5 Å². The number of fused-ring (bicyclic) bond motifs is 1. The van der Waals surface area contributed by atoms with Crippen molar-refractivity contribution in [3.63, 3.8) is 0 Å². The van der Waals surface area contributed by atoms with E-state index >= 15 is 0 Å². The molecule has 6 nitrogen and oxygen atoms in total. The molecule has 3 aromatic rings. The van der Waals surface area contributed by atoms with E-state index in [-0.39, 0.29) is 5.69 Å². The molecule has 0 atom stereocenters. The van der Waals surface area contributed by atoms with Crippen LogP contribution >= 0.6 is 0 Å². The van der Waals surface area contributed by atoms with Crippen LogP contribution in [0.2, 0.25) is 0 Å². The van der Waals surface area contributed by atoms with Crippen molar-refractivity contribution in [2.24, 2.45) is 0 Å². The van der Waals surface area contributed by atoms with Gasteiger partial charge in [0.25, 0.3) is 5.91 Å². The van der Waals surface area contributed by atoms with Crippen molar-refractivity contribution in [3.05, 3.63) is 53.5 Å². The molecule has 21 heavy (non-hydrogen) atoms. The van der Waals surface area contributed by atoms with Gasteiger partial charge in [0, 0.05) is 18.9 Å². The number of pyridine rings is 1. The van der Waals surface area contributed by atoms with Crippen molar-refractivity contribution >= 4 is 11.6 Å². The maximum atomic E-state index is 14.2. The van der Waals surface area contributed by atoms with E-state index < -0.39 is 11.9 Å². The number of imidazole rings is 1. The Morgan fingerprint density at radius 3 is 3.10 bits per heavy atom. The van der Waals surface area contributed by atoms with Crippen LogP contribution in [0, 0.1) is 12.9 Å². The van der Waals surface area contributed by atoms with Gasteiger partial charge in [0.05, 0.1) is 6.20 Å². The molecule has 0 bridgehead atoms. The number of rotatable bonds is 4. The number of hydrogen-bond acceptors (Lipinski definition) is 3. The van der Waals surface area contributed by atoms with E-state index in [0.717, 1.165) is 11.1 Å². The Morgan fingerprint density at radius 2 is 2.33 bits per heavy atom. The molecule has 3 heterocycles. The first-order chi connectivity index (χ1) is 10.1. The van der Waals surface area contributed by atoms with Crippen LogP contribution in [0.1, 0.15) is 21.6 Å². The minimum absolute atomic E-state index is 0.187. The van der Waals surface area contributed by atoms with Crippen molar-refractivity contribution in [2.75, 3.05) is 6.54 Å². The fraction of sp³-hybridized carbons (Fsp3) is 0.214. The van der Waals surface area contributed by atoms with E-state index in [1.54, 1.807) is 24.7 Å². The molecule has 0 saturated carbocycles. The lowest BCUT2D eigenvalue weighted by Gasteiger charge is -2.01. The largest absolute Gasteiger partial charge is 0.350 e. The van der Waals surface area contributed by atoms with Crippen molar-refractivity contribution < 1.29 is 9.18 Å². The van der Waals surface area contributed by atoms with Crippen molar-refractivity contribution in [3.8, 4) is 0 Å². The Labute approximate surface area is 120 Å². The predicted octanol–water partition coefficient (Wildman–Crippen LogP) is 1.48. The summed E-state index contributed by atoms with van der Waals surface area (Å²) in [5, 5.41) is 9.17. The number of nitrogens with zero attached hydrogens (tertiary/aromatic N) is 3. The number of carbonyl (C=O) groups excluding carboxylic acids is 1. The maximum absolute atomic E-state index is 14.2. The van der Waals surface area contributed by atoms with Crippen LogP contribution in [0.15, 0.2) is 30.7 Å². The van der Waals surface area contributed by atoms with Gasteiger partial charge in [-0.3, -0.25) is 14.3 Å². The second-order valence-electron chi connectivity index (χ2n) is 4.80.